The van der Waals surface area contributed by atoms with Crippen LogP contribution in [0.5, 0.6) is 0 Å². The van der Waals surface area contributed by atoms with Crippen LogP contribution in [0.2, 0.25) is 0 Å². The summed E-state index contributed by atoms with van der Waals surface area (Å²) < 4.78 is 0. The molecule has 1 N–H and O–H groups in total. The highest BCUT2D eigenvalue weighted by Gasteiger charge is 2.51. The van der Waals surface area contributed by atoms with Crippen LogP contribution in [0.25, 0.3) is 0 Å². The van der Waals surface area contributed by atoms with E-state index in [0.29, 0.717) is 11.5 Å². The van der Waals surface area contributed by atoms with Gasteiger partial charge in [0.05, 0.1) is 5.69 Å². The maximum Gasteiger partial charge on any atom is 0.332 e. The zero-order valence-electron chi connectivity index (χ0n) is 19.2. The third kappa shape index (κ3) is 4.04. The Morgan fingerprint density at radius 2 is 1.75 bits per heavy atom. The first kappa shape index (κ1) is 21.8. The number of aromatic nitrogens is 1. The average Bonchev–Trinajstić information content (AvgIpc) is 3.55. The van der Waals surface area contributed by atoms with E-state index in [9.17, 15) is 14.4 Å². The average molecular weight is 436 g/mol. The van der Waals surface area contributed by atoms with Gasteiger partial charge in [-0.05, 0) is 54.7 Å². The number of imide groups is 1. The van der Waals surface area contributed by atoms with Crippen molar-refractivity contribution in [1.29, 1.82) is 0 Å². The summed E-state index contributed by atoms with van der Waals surface area (Å²) in [5, 5.41) is 2.76. The van der Waals surface area contributed by atoms with E-state index in [0.717, 1.165) is 24.2 Å². The molecular weight excluding hydrogens is 406 g/mol. The second kappa shape index (κ2) is 7.62. The largest absolute Gasteiger partial charge is 0.332 e. The van der Waals surface area contributed by atoms with Gasteiger partial charge in [-0.15, -0.1) is 0 Å². The van der Waals surface area contributed by atoms with Gasteiger partial charge in [0.15, 0.2) is 0 Å². The number of pyridine rings is 1. The van der Waals surface area contributed by atoms with Crippen LogP contribution in [-0.4, -0.2) is 51.4 Å². The Morgan fingerprint density at radius 1 is 1.09 bits per heavy atom. The molecule has 2 saturated heterocycles. The first-order chi connectivity index (χ1) is 15.0. The molecule has 3 heterocycles. The molecular formula is C24H29N5O3. The monoisotopic (exact) mass is 435 g/mol. The van der Waals surface area contributed by atoms with Gasteiger partial charge in [-0.2, -0.15) is 0 Å². The van der Waals surface area contributed by atoms with E-state index in [1.54, 1.807) is 42.0 Å². The highest BCUT2D eigenvalue weighted by atomic mass is 16.2. The Balaban J connectivity index is 1.55. The van der Waals surface area contributed by atoms with Gasteiger partial charge in [-0.3, -0.25) is 10.1 Å². The van der Waals surface area contributed by atoms with Crippen LogP contribution >= 0.6 is 0 Å². The normalized spacial score (nSPS) is 17.7. The maximum atomic E-state index is 13.3. The molecule has 8 nitrogen and oxygen atoms in total. The Hall–Kier alpha value is -3.42. The fraction of sp³-hybridized carbons (Fsp3) is 0.417. The van der Waals surface area contributed by atoms with Crippen LogP contribution in [0, 0.1) is 0 Å². The Bertz CT molecular complexity index is 1070. The van der Waals surface area contributed by atoms with E-state index in [2.05, 4.69) is 31.1 Å². The van der Waals surface area contributed by atoms with Crippen LogP contribution in [0.1, 0.15) is 45.7 Å². The van der Waals surface area contributed by atoms with Gasteiger partial charge in [0, 0.05) is 25.8 Å². The number of urea groups is 2. The molecule has 0 unspecified atom stereocenters. The molecule has 0 saturated carbocycles. The summed E-state index contributed by atoms with van der Waals surface area (Å²) in [6.45, 7) is 11.6. The summed E-state index contributed by atoms with van der Waals surface area (Å²) in [5.41, 5.74) is 1.44. The number of rotatable bonds is 4. The summed E-state index contributed by atoms with van der Waals surface area (Å²) in [6.07, 6.45) is 1.59. The summed E-state index contributed by atoms with van der Waals surface area (Å²) in [6, 6.07) is 10.5. The van der Waals surface area contributed by atoms with E-state index >= 15 is 0 Å². The van der Waals surface area contributed by atoms with Crippen molar-refractivity contribution in [2.24, 2.45) is 0 Å². The number of nitrogens with zero attached hydrogens (tertiary/aromatic N) is 4. The second-order valence-corrected chi connectivity index (χ2v) is 9.83. The van der Waals surface area contributed by atoms with Crippen molar-refractivity contribution in [2.75, 3.05) is 23.3 Å². The molecule has 2 aliphatic heterocycles. The van der Waals surface area contributed by atoms with Crippen molar-refractivity contribution in [3.8, 4) is 0 Å². The van der Waals surface area contributed by atoms with Crippen LogP contribution < -0.4 is 10.2 Å². The van der Waals surface area contributed by atoms with E-state index in [-0.39, 0.29) is 29.9 Å². The van der Waals surface area contributed by atoms with Crippen molar-refractivity contribution < 1.29 is 14.4 Å². The minimum atomic E-state index is -1.01. The number of carbonyl (C=O) groups excluding carboxylic acids is 3. The molecule has 1 aromatic heterocycles. The number of benzene rings is 1. The van der Waals surface area contributed by atoms with Crippen LogP contribution in [0.15, 0.2) is 42.6 Å². The van der Waals surface area contributed by atoms with Crippen LogP contribution in [0.4, 0.5) is 21.1 Å². The molecule has 0 radical (unpaired) electrons. The summed E-state index contributed by atoms with van der Waals surface area (Å²) >= 11 is 0. The Labute approximate surface area is 188 Å². The predicted octanol–water partition coefficient (Wildman–Crippen LogP) is 3.97. The molecule has 0 atom stereocenters. The van der Waals surface area contributed by atoms with Gasteiger partial charge in [0.2, 0.25) is 0 Å². The second-order valence-electron chi connectivity index (χ2n) is 9.83. The molecule has 0 bridgehead atoms. The van der Waals surface area contributed by atoms with Gasteiger partial charge in [0.1, 0.15) is 11.4 Å². The van der Waals surface area contributed by atoms with Crippen molar-refractivity contribution in [3.63, 3.8) is 0 Å². The third-order valence-corrected chi connectivity index (χ3v) is 5.95. The minimum Gasteiger partial charge on any atom is -0.321 e. The SMILES string of the molecule is CC(C)(C)c1ccc(N2C(=O)N(Cc3ccnc(NC(=O)N4CC4)c3)C(C)(C)C2=O)cc1. The molecule has 2 fully saturated rings. The van der Waals surface area contributed by atoms with Gasteiger partial charge >= 0.3 is 12.1 Å². The summed E-state index contributed by atoms with van der Waals surface area (Å²) in [5.74, 6) is 0.153. The van der Waals surface area contributed by atoms with Gasteiger partial charge < -0.3 is 9.80 Å². The molecule has 5 amide bonds. The molecule has 0 spiro atoms. The molecule has 0 aliphatic carbocycles. The lowest BCUT2D eigenvalue weighted by molar-refractivity contribution is -0.123. The first-order valence-corrected chi connectivity index (χ1v) is 10.8. The number of nitrogens with one attached hydrogen (secondary N) is 1. The standard InChI is InChI=1S/C24H29N5O3/c1-23(2,3)17-6-8-18(9-7-17)29-20(30)24(4,5)28(22(29)32)15-16-10-11-25-19(14-16)26-21(31)27-12-13-27/h6-11,14H,12-13,15H2,1-5H3,(H,25,26,31). The van der Waals surface area contributed by atoms with Crippen molar-refractivity contribution in [3.05, 3.63) is 53.7 Å². The zero-order chi connectivity index (χ0) is 23.3. The van der Waals surface area contributed by atoms with Crippen molar-refractivity contribution in [2.45, 2.75) is 52.1 Å². The number of carbonyl (C=O) groups is 3. The highest BCUT2D eigenvalue weighted by molar-refractivity contribution is 6.22. The number of hydrogen-bond acceptors (Lipinski definition) is 4. The lowest BCUT2D eigenvalue weighted by Crippen LogP contribution is -2.43. The zero-order valence-corrected chi connectivity index (χ0v) is 19.2. The number of hydrogen-bond donors (Lipinski definition) is 1. The van der Waals surface area contributed by atoms with E-state index in [4.69, 9.17) is 0 Å². The Morgan fingerprint density at radius 3 is 2.34 bits per heavy atom. The molecule has 1 aromatic carbocycles. The summed E-state index contributed by atoms with van der Waals surface area (Å²) in [4.78, 5) is 47.1. The van der Waals surface area contributed by atoms with Crippen molar-refractivity contribution in [1.82, 2.24) is 14.8 Å². The van der Waals surface area contributed by atoms with E-state index in [1.807, 2.05) is 24.3 Å². The molecule has 32 heavy (non-hydrogen) atoms. The topological polar surface area (TPSA) is 85.6 Å². The molecule has 2 aromatic rings. The van der Waals surface area contributed by atoms with Crippen LogP contribution in [0.3, 0.4) is 0 Å². The molecule has 2 aliphatic rings. The highest BCUT2D eigenvalue weighted by Crippen LogP contribution is 2.34. The fourth-order valence-electron chi connectivity index (χ4n) is 3.70. The smallest absolute Gasteiger partial charge is 0.321 e. The molecule has 8 heteroatoms. The van der Waals surface area contributed by atoms with Crippen LogP contribution in [-0.2, 0) is 16.8 Å². The number of anilines is 2. The molecule has 168 valence electrons. The Kier molecular flexibility index (Phi) is 5.19. The molecule has 4 rings (SSSR count). The predicted molar refractivity (Wildman–Crippen MR) is 122 cm³/mol. The summed E-state index contributed by atoms with van der Waals surface area (Å²) in [7, 11) is 0. The lowest BCUT2D eigenvalue weighted by atomic mass is 9.87. The fourth-order valence-corrected chi connectivity index (χ4v) is 3.70. The van der Waals surface area contributed by atoms with Gasteiger partial charge in [0.25, 0.3) is 5.91 Å². The van der Waals surface area contributed by atoms with Crippen molar-refractivity contribution >= 4 is 29.5 Å². The maximum absolute atomic E-state index is 13.3. The van der Waals surface area contributed by atoms with Gasteiger partial charge in [-0.1, -0.05) is 32.9 Å². The third-order valence-electron chi connectivity index (χ3n) is 5.95. The minimum absolute atomic E-state index is 0.0200. The number of amides is 5. The first-order valence-electron chi connectivity index (χ1n) is 10.8. The van der Waals surface area contributed by atoms with E-state index < -0.39 is 5.54 Å². The van der Waals surface area contributed by atoms with Gasteiger partial charge in [-0.25, -0.2) is 19.5 Å². The van der Waals surface area contributed by atoms with E-state index in [1.165, 1.54) is 4.90 Å². The quantitative estimate of drug-likeness (QED) is 0.582. The lowest BCUT2D eigenvalue weighted by Gasteiger charge is -2.27.